The van der Waals surface area contributed by atoms with Crippen LogP contribution >= 0.6 is 12.2 Å². The number of aryl methyl sites for hydroxylation is 1. The summed E-state index contributed by atoms with van der Waals surface area (Å²) >= 11 is 5.40. The minimum atomic E-state index is -0.184. The molecule has 0 saturated carbocycles. The summed E-state index contributed by atoms with van der Waals surface area (Å²) in [5.74, 6) is 0.213. The van der Waals surface area contributed by atoms with Gasteiger partial charge in [0.25, 0.3) is 5.91 Å². The molecule has 0 spiro atoms. The van der Waals surface area contributed by atoms with Crippen LogP contribution in [-0.4, -0.2) is 26.2 Å². The fourth-order valence-corrected chi connectivity index (χ4v) is 3.33. The van der Waals surface area contributed by atoms with E-state index >= 15 is 0 Å². The topological polar surface area (TPSA) is 80.9 Å². The zero-order valence-electron chi connectivity index (χ0n) is 17.3. The Kier molecular flexibility index (Phi) is 6.79. The van der Waals surface area contributed by atoms with Gasteiger partial charge < -0.3 is 15.2 Å². The molecule has 1 atom stereocenters. The van der Waals surface area contributed by atoms with Gasteiger partial charge in [-0.15, -0.1) is 0 Å². The molecule has 0 radical (unpaired) electrons. The molecule has 0 unspecified atom stereocenters. The second-order valence-corrected chi connectivity index (χ2v) is 7.48. The highest BCUT2D eigenvalue weighted by atomic mass is 32.1. The molecule has 2 N–H and O–H groups in total. The first-order valence-corrected chi connectivity index (χ1v) is 10.1. The van der Waals surface area contributed by atoms with Crippen LogP contribution < -0.4 is 10.6 Å². The van der Waals surface area contributed by atoms with E-state index in [0.717, 1.165) is 11.1 Å². The van der Waals surface area contributed by atoms with Crippen LogP contribution in [0.1, 0.15) is 40.3 Å². The Bertz CT molecular complexity index is 1100. The predicted molar refractivity (Wildman–Crippen MR) is 117 cm³/mol. The van der Waals surface area contributed by atoms with Gasteiger partial charge in [-0.25, -0.2) is 4.68 Å². The summed E-state index contributed by atoms with van der Waals surface area (Å²) in [5, 5.41) is 10.2. The molecule has 1 aromatic heterocycles. The van der Waals surface area contributed by atoms with Crippen LogP contribution in [0.4, 0.5) is 0 Å². The third kappa shape index (κ3) is 5.01. The average Bonchev–Trinajstić information content (AvgIpc) is 3.00. The third-order valence-electron chi connectivity index (χ3n) is 4.90. The maximum Gasteiger partial charge on any atom is 0.251 e. The van der Waals surface area contributed by atoms with Crippen LogP contribution in [0.15, 0.2) is 54.6 Å². The van der Waals surface area contributed by atoms with Gasteiger partial charge in [-0.3, -0.25) is 9.59 Å². The lowest BCUT2D eigenvalue weighted by atomic mass is 10.1. The van der Waals surface area contributed by atoms with Gasteiger partial charge in [-0.05, 0) is 43.3 Å². The molecule has 30 heavy (non-hydrogen) atoms. The van der Waals surface area contributed by atoms with E-state index in [4.69, 9.17) is 12.2 Å². The van der Waals surface area contributed by atoms with Gasteiger partial charge >= 0.3 is 0 Å². The van der Waals surface area contributed by atoms with E-state index in [1.807, 2.05) is 62.4 Å². The number of hydrogen-bond donors (Lipinski definition) is 2. The summed E-state index contributed by atoms with van der Waals surface area (Å²) in [6.45, 7) is 4.04. The summed E-state index contributed by atoms with van der Waals surface area (Å²) in [7, 11) is 1.77. The fourth-order valence-electron chi connectivity index (χ4n) is 3.12. The van der Waals surface area contributed by atoms with E-state index < -0.39 is 0 Å². The third-order valence-corrected chi connectivity index (χ3v) is 5.38. The van der Waals surface area contributed by atoms with Gasteiger partial charge in [0.2, 0.25) is 5.91 Å². The van der Waals surface area contributed by atoms with Gasteiger partial charge in [0.05, 0.1) is 12.6 Å². The molecular weight excluding hydrogens is 398 g/mol. The highest BCUT2D eigenvalue weighted by Gasteiger charge is 2.15. The van der Waals surface area contributed by atoms with Crippen molar-refractivity contribution in [1.82, 2.24) is 25.0 Å². The lowest BCUT2D eigenvalue weighted by molar-refractivity contribution is -0.122. The Morgan fingerprint density at radius 1 is 1.10 bits per heavy atom. The van der Waals surface area contributed by atoms with Crippen LogP contribution in [0.5, 0.6) is 0 Å². The van der Waals surface area contributed by atoms with Crippen LogP contribution in [0.25, 0.3) is 0 Å². The molecule has 0 aliphatic carbocycles. The van der Waals surface area contributed by atoms with E-state index in [0.29, 0.717) is 16.2 Å². The quantitative estimate of drug-likeness (QED) is 0.573. The predicted octanol–water partition coefficient (Wildman–Crippen LogP) is 3.07. The van der Waals surface area contributed by atoms with Gasteiger partial charge in [-0.1, -0.05) is 48.5 Å². The smallest absolute Gasteiger partial charge is 0.251 e. The SMILES string of the molecule is Cc1ccccc1C(=O)NCc1nn(CC(=O)N[C@H](C)c2ccccc2)c(=S)n1C. The Morgan fingerprint density at radius 3 is 2.47 bits per heavy atom. The molecule has 0 aliphatic heterocycles. The van der Waals surface area contributed by atoms with E-state index in [-0.39, 0.29) is 30.9 Å². The normalized spacial score (nSPS) is 11.7. The first kappa shape index (κ1) is 21.4. The second-order valence-electron chi connectivity index (χ2n) is 7.11. The number of aromatic nitrogens is 3. The van der Waals surface area contributed by atoms with Crippen molar-refractivity contribution >= 4 is 24.0 Å². The maximum atomic E-state index is 12.5. The number of benzene rings is 2. The largest absolute Gasteiger partial charge is 0.348 e. The van der Waals surface area contributed by atoms with Crippen molar-refractivity contribution in [3.8, 4) is 0 Å². The standard InChI is InChI=1S/C22H25N5O2S/c1-15-9-7-8-12-18(15)21(29)23-13-19-25-27(22(30)26(19)3)14-20(28)24-16(2)17-10-5-4-6-11-17/h4-12,16H,13-14H2,1-3H3,(H,23,29)(H,24,28)/t16-/m1/s1. The molecule has 3 rings (SSSR count). The zero-order chi connectivity index (χ0) is 21.7. The van der Waals surface area contributed by atoms with E-state index in [1.54, 1.807) is 17.7 Å². The van der Waals surface area contributed by atoms with Crippen molar-refractivity contribution in [2.45, 2.75) is 33.0 Å². The first-order valence-electron chi connectivity index (χ1n) is 9.67. The van der Waals surface area contributed by atoms with Crippen molar-refractivity contribution in [3.05, 3.63) is 81.9 Å². The monoisotopic (exact) mass is 423 g/mol. The number of nitrogens with one attached hydrogen (secondary N) is 2. The Hall–Kier alpha value is -3.26. The van der Waals surface area contributed by atoms with Crippen molar-refractivity contribution in [1.29, 1.82) is 0 Å². The van der Waals surface area contributed by atoms with Crippen molar-refractivity contribution in [2.24, 2.45) is 7.05 Å². The van der Waals surface area contributed by atoms with Gasteiger partial charge in [-0.2, -0.15) is 5.10 Å². The van der Waals surface area contributed by atoms with Crippen molar-refractivity contribution in [2.75, 3.05) is 0 Å². The van der Waals surface area contributed by atoms with Crippen LogP contribution in [0.3, 0.4) is 0 Å². The molecule has 2 aromatic carbocycles. The van der Waals surface area contributed by atoms with E-state index in [2.05, 4.69) is 15.7 Å². The molecule has 2 amide bonds. The lowest BCUT2D eigenvalue weighted by Crippen LogP contribution is -2.30. The van der Waals surface area contributed by atoms with Crippen LogP contribution in [0, 0.1) is 11.7 Å². The average molecular weight is 424 g/mol. The summed E-state index contributed by atoms with van der Waals surface area (Å²) in [6.07, 6.45) is 0. The summed E-state index contributed by atoms with van der Waals surface area (Å²) in [5.41, 5.74) is 2.54. The highest BCUT2D eigenvalue weighted by molar-refractivity contribution is 7.71. The van der Waals surface area contributed by atoms with Gasteiger partial charge in [0, 0.05) is 12.6 Å². The summed E-state index contributed by atoms with van der Waals surface area (Å²) < 4.78 is 3.58. The Balaban J connectivity index is 1.63. The lowest BCUT2D eigenvalue weighted by Gasteiger charge is -2.14. The minimum absolute atomic E-state index is 0.00951. The van der Waals surface area contributed by atoms with Crippen LogP contribution in [0.2, 0.25) is 0 Å². The number of hydrogen-bond acceptors (Lipinski definition) is 4. The zero-order valence-corrected chi connectivity index (χ0v) is 18.1. The molecule has 8 heteroatoms. The molecule has 0 saturated heterocycles. The summed E-state index contributed by atoms with van der Waals surface area (Å²) in [4.78, 5) is 24.9. The molecule has 0 bridgehead atoms. The number of nitrogens with zero attached hydrogens (tertiary/aromatic N) is 3. The Labute approximate surface area is 180 Å². The first-order chi connectivity index (χ1) is 14.4. The number of amides is 2. The van der Waals surface area contributed by atoms with Crippen molar-refractivity contribution in [3.63, 3.8) is 0 Å². The molecule has 0 fully saturated rings. The molecule has 1 heterocycles. The van der Waals surface area contributed by atoms with Gasteiger partial charge in [0.15, 0.2) is 10.6 Å². The Morgan fingerprint density at radius 2 is 1.77 bits per heavy atom. The number of rotatable bonds is 7. The summed E-state index contributed by atoms with van der Waals surface area (Å²) in [6, 6.07) is 17.0. The number of carbonyl (C=O) groups is 2. The minimum Gasteiger partial charge on any atom is -0.348 e. The second kappa shape index (κ2) is 9.49. The van der Waals surface area contributed by atoms with E-state index in [9.17, 15) is 9.59 Å². The number of carbonyl (C=O) groups excluding carboxylic acids is 2. The van der Waals surface area contributed by atoms with Crippen molar-refractivity contribution < 1.29 is 9.59 Å². The molecular formula is C22H25N5O2S. The van der Waals surface area contributed by atoms with E-state index in [1.165, 1.54) is 4.68 Å². The van der Waals surface area contributed by atoms with Gasteiger partial charge in [0.1, 0.15) is 6.54 Å². The molecule has 156 valence electrons. The molecule has 3 aromatic rings. The van der Waals surface area contributed by atoms with Crippen LogP contribution in [-0.2, 0) is 24.9 Å². The highest BCUT2D eigenvalue weighted by Crippen LogP contribution is 2.11. The molecule has 7 nitrogen and oxygen atoms in total. The fraction of sp³-hybridized carbons (Fsp3) is 0.273. The molecule has 0 aliphatic rings. The maximum absolute atomic E-state index is 12.5.